The van der Waals surface area contributed by atoms with E-state index < -0.39 is 0 Å². The van der Waals surface area contributed by atoms with Gasteiger partial charge >= 0.3 is 0 Å². The lowest BCUT2D eigenvalue weighted by Gasteiger charge is -2.01. The third kappa shape index (κ3) is 2.78. The Morgan fingerprint density at radius 3 is 2.50 bits per heavy atom. The van der Waals surface area contributed by atoms with Crippen molar-refractivity contribution in [1.82, 2.24) is 0 Å². The molecule has 0 aliphatic rings. The van der Waals surface area contributed by atoms with E-state index in [2.05, 4.69) is 6.07 Å². The highest BCUT2D eigenvalue weighted by Gasteiger charge is 2.01. The van der Waals surface area contributed by atoms with Gasteiger partial charge < -0.3 is 5.11 Å². The van der Waals surface area contributed by atoms with Crippen LogP contribution in [0.3, 0.4) is 0 Å². The molecule has 0 unspecified atom stereocenters. The molecule has 0 radical (unpaired) electrons. The molecule has 0 spiro atoms. The van der Waals surface area contributed by atoms with E-state index in [0.29, 0.717) is 5.57 Å². The molecular formula is C16H13NO. The maximum absolute atomic E-state index is 9.39. The summed E-state index contributed by atoms with van der Waals surface area (Å²) in [5, 5.41) is 18.6. The summed E-state index contributed by atoms with van der Waals surface area (Å²) in [6.07, 6.45) is 1.77. The molecule has 2 aromatic carbocycles. The zero-order valence-electron chi connectivity index (χ0n) is 10.1. The van der Waals surface area contributed by atoms with E-state index in [1.165, 1.54) is 0 Å². The van der Waals surface area contributed by atoms with Crippen molar-refractivity contribution in [3.63, 3.8) is 0 Å². The largest absolute Gasteiger partial charge is 0.508 e. The normalized spacial score (nSPS) is 11.0. The predicted molar refractivity (Wildman–Crippen MR) is 72.8 cm³/mol. The van der Waals surface area contributed by atoms with Crippen molar-refractivity contribution < 1.29 is 5.11 Å². The number of benzene rings is 2. The first-order valence-electron chi connectivity index (χ1n) is 5.67. The van der Waals surface area contributed by atoms with Gasteiger partial charge in [-0.3, -0.25) is 0 Å². The Kier molecular flexibility index (Phi) is 3.45. The van der Waals surface area contributed by atoms with Gasteiger partial charge in [0.05, 0.1) is 11.6 Å². The van der Waals surface area contributed by atoms with Crippen molar-refractivity contribution in [2.45, 2.75) is 6.92 Å². The first kappa shape index (κ1) is 11.9. The zero-order valence-corrected chi connectivity index (χ0v) is 10.1. The number of hydrogen-bond acceptors (Lipinski definition) is 2. The fraction of sp³-hybridized carbons (Fsp3) is 0.0625. The quantitative estimate of drug-likeness (QED) is 0.636. The van der Waals surface area contributed by atoms with E-state index in [1.807, 2.05) is 37.3 Å². The molecule has 2 nitrogen and oxygen atoms in total. The molecule has 0 aliphatic heterocycles. The number of rotatable bonds is 2. The van der Waals surface area contributed by atoms with Crippen LogP contribution in [0.2, 0.25) is 0 Å². The summed E-state index contributed by atoms with van der Waals surface area (Å²) in [6, 6.07) is 16.8. The van der Waals surface area contributed by atoms with E-state index in [4.69, 9.17) is 0 Å². The van der Waals surface area contributed by atoms with E-state index in [1.54, 1.807) is 24.3 Å². The molecule has 1 N–H and O–H groups in total. The number of hydrogen-bond donors (Lipinski definition) is 1. The summed E-state index contributed by atoms with van der Waals surface area (Å²) >= 11 is 0. The molecule has 0 aliphatic carbocycles. The van der Waals surface area contributed by atoms with Crippen LogP contribution in [0.4, 0.5) is 0 Å². The molecule has 2 heteroatoms. The SMILES string of the molecule is Cc1ccc(/C(C#N)=C\c2cccc(O)c2)cc1. The molecule has 2 aromatic rings. The molecule has 18 heavy (non-hydrogen) atoms. The number of phenolic OH excluding ortho intramolecular Hbond substituents is 1. The van der Waals surface area contributed by atoms with Crippen LogP contribution >= 0.6 is 0 Å². The second-order valence-electron chi connectivity index (χ2n) is 4.13. The van der Waals surface area contributed by atoms with Crippen molar-refractivity contribution in [2.24, 2.45) is 0 Å². The van der Waals surface area contributed by atoms with Crippen LogP contribution < -0.4 is 0 Å². The van der Waals surface area contributed by atoms with E-state index in [-0.39, 0.29) is 5.75 Å². The Hall–Kier alpha value is -2.53. The molecule has 0 atom stereocenters. The van der Waals surface area contributed by atoms with E-state index in [9.17, 15) is 10.4 Å². The average Bonchev–Trinajstić information content (AvgIpc) is 2.37. The molecule has 0 fully saturated rings. The third-order valence-electron chi connectivity index (χ3n) is 2.66. The summed E-state index contributed by atoms with van der Waals surface area (Å²) in [5.74, 6) is 0.199. The second kappa shape index (κ2) is 5.20. The minimum atomic E-state index is 0.199. The smallest absolute Gasteiger partial charge is 0.116 e. The minimum Gasteiger partial charge on any atom is -0.508 e. The van der Waals surface area contributed by atoms with Gasteiger partial charge in [-0.1, -0.05) is 42.0 Å². The summed E-state index contributed by atoms with van der Waals surface area (Å²) in [7, 11) is 0. The summed E-state index contributed by atoms with van der Waals surface area (Å²) < 4.78 is 0. The number of allylic oxidation sites excluding steroid dienone is 1. The highest BCUT2D eigenvalue weighted by atomic mass is 16.3. The van der Waals surface area contributed by atoms with Gasteiger partial charge in [-0.2, -0.15) is 5.26 Å². The van der Waals surface area contributed by atoms with Crippen LogP contribution in [0, 0.1) is 18.3 Å². The van der Waals surface area contributed by atoms with Crippen molar-refractivity contribution in [3.05, 3.63) is 65.2 Å². The van der Waals surface area contributed by atoms with Gasteiger partial charge in [-0.15, -0.1) is 0 Å². The summed E-state index contributed by atoms with van der Waals surface area (Å²) in [5.41, 5.74) is 3.44. The zero-order chi connectivity index (χ0) is 13.0. The lowest BCUT2D eigenvalue weighted by atomic mass is 10.0. The van der Waals surface area contributed by atoms with Gasteiger partial charge in [0.25, 0.3) is 0 Å². The highest BCUT2D eigenvalue weighted by Crippen LogP contribution is 2.20. The molecule has 0 saturated heterocycles. The number of aryl methyl sites for hydroxylation is 1. The van der Waals surface area contributed by atoms with Gasteiger partial charge in [-0.05, 0) is 36.3 Å². The Bertz CT molecular complexity index is 618. The monoisotopic (exact) mass is 235 g/mol. The van der Waals surface area contributed by atoms with Gasteiger partial charge in [-0.25, -0.2) is 0 Å². The lowest BCUT2D eigenvalue weighted by Crippen LogP contribution is -1.82. The maximum atomic E-state index is 9.39. The second-order valence-corrected chi connectivity index (χ2v) is 4.13. The summed E-state index contributed by atoms with van der Waals surface area (Å²) in [6.45, 7) is 2.01. The van der Waals surface area contributed by atoms with Crippen LogP contribution in [0.5, 0.6) is 5.75 Å². The Morgan fingerprint density at radius 2 is 1.89 bits per heavy atom. The molecule has 0 aromatic heterocycles. The van der Waals surface area contributed by atoms with Crippen LogP contribution in [0.25, 0.3) is 11.6 Å². The van der Waals surface area contributed by atoms with Crippen molar-refractivity contribution in [3.8, 4) is 11.8 Å². The highest BCUT2D eigenvalue weighted by molar-refractivity contribution is 5.89. The fourth-order valence-corrected chi connectivity index (χ4v) is 1.69. The Morgan fingerprint density at radius 1 is 1.17 bits per heavy atom. The predicted octanol–water partition coefficient (Wildman–Crippen LogP) is 3.76. The van der Waals surface area contributed by atoms with Crippen LogP contribution in [0.15, 0.2) is 48.5 Å². The van der Waals surface area contributed by atoms with Crippen molar-refractivity contribution in [2.75, 3.05) is 0 Å². The van der Waals surface area contributed by atoms with Crippen LogP contribution in [-0.4, -0.2) is 5.11 Å². The van der Waals surface area contributed by atoms with Crippen LogP contribution in [0.1, 0.15) is 16.7 Å². The third-order valence-corrected chi connectivity index (χ3v) is 2.66. The van der Waals surface area contributed by atoms with Gasteiger partial charge in [0.1, 0.15) is 5.75 Å². The Labute approximate surface area is 106 Å². The first-order valence-corrected chi connectivity index (χ1v) is 5.67. The summed E-state index contributed by atoms with van der Waals surface area (Å²) in [4.78, 5) is 0. The standard InChI is InChI=1S/C16H13NO/c1-12-5-7-14(8-6-12)15(11-17)9-13-3-2-4-16(18)10-13/h2-10,18H,1H3/b15-9-. The topological polar surface area (TPSA) is 44.0 Å². The van der Waals surface area contributed by atoms with Crippen molar-refractivity contribution in [1.29, 1.82) is 5.26 Å². The molecule has 2 rings (SSSR count). The number of phenols is 1. The molecule has 88 valence electrons. The van der Waals surface area contributed by atoms with Crippen molar-refractivity contribution >= 4 is 11.6 Å². The van der Waals surface area contributed by atoms with Crippen LogP contribution in [-0.2, 0) is 0 Å². The van der Waals surface area contributed by atoms with Gasteiger partial charge in [0.15, 0.2) is 0 Å². The van der Waals surface area contributed by atoms with Gasteiger partial charge in [0.2, 0.25) is 0 Å². The minimum absolute atomic E-state index is 0.199. The number of aromatic hydroxyl groups is 1. The van der Waals surface area contributed by atoms with E-state index in [0.717, 1.165) is 16.7 Å². The maximum Gasteiger partial charge on any atom is 0.116 e. The lowest BCUT2D eigenvalue weighted by molar-refractivity contribution is 0.475. The van der Waals surface area contributed by atoms with Gasteiger partial charge in [0, 0.05) is 0 Å². The van der Waals surface area contributed by atoms with E-state index >= 15 is 0 Å². The first-order chi connectivity index (χ1) is 8.69. The molecule has 0 bridgehead atoms. The average molecular weight is 235 g/mol. The molecule has 0 saturated carbocycles. The Balaban J connectivity index is 2.40. The molecular weight excluding hydrogens is 222 g/mol. The molecule has 0 amide bonds. The fourth-order valence-electron chi connectivity index (χ4n) is 1.69. The number of nitrogens with zero attached hydrogens (tertiary/aromatic N) is 1. The molecule has 0 heterocycles. The number of nitriles is 1.